The van der Waals surface area contributed by atoms with Crippen LogP contribution in [0.2, 0.25) is 0 Å². The van der Waals surface area contributed by atoms with E-state index in [0.717, 1.165) is 49.2 Å². The van der Waals surface area contributed by atoms with Crippen LogP contribution < -0.4 is 10.0 Å². The molecule has 194 valence electrons. The highest BCUT2D eigenvalue weighted by Gasteiger charge is 2.21. The lowest BCUT2D eigenvalue weighted by molar-refractivity contribution is 0.581. The van der Waals surface area contributed by atoms with Gasteiger partial charge >= 0.3 is 0 Å². The molecule has 0 atom stereocenters. The molecule has 6 aromatic rings. The van der Waals surface area contributed by atoms with E-state index in [1.165, 1.54) is 17.7 Å². The summed E-state index contributed by atoms with van der Waals surface area (Å²) in [6, 6.07) is 26.8. The lowest BCUT2D eigenvalue weighted by Gasteiger charge is -2.10. The van der Waals surface area contributed by atoms with Gasteiger partial charge in [0.25, 0.3) is 0 Å². The van der Waals surface area contributed by atoms with Gasteiger partial charge in [-0.25, -0.2) is 23.1 Å². The second-order valence-electron chi connectivity index (χ2n) is 8.89. The van der Waals surface area contributed by atoms with Gasteiger partial charge in [-0.2, -0.15) is 0 Å². The lowest BCUT2D eigenvalue weighted by atomic mass is 9.97. The standard InChI is InChI=1S/C29H24N6O2S2/c1-2-17-32-39(36,37)22-15-13-21(14-16-22)33-28-27-26(30-18-31-28)24-23(19-9-5-3-6-10-19)25(34-35-29(24)38-27)20-11-7-4-8-12-20/h3-16,18,32H,2,17H2,1H3,(H,30,31,33). The molecule has 0 unspecified atom stereocenters. The Kier molecular flexibility index (Phi) is 6.74. The van der Waals surface area contributed by atoms with Gasteiger partial charge in [0.1, 0.15) is 16.9 Å². The Hall–Kier alpha value is -4.25. The van der Waals surface area contributed by atoms with Crippen molar-refractivity contribution in [2.45, 2.75) is 18.2 Å². The number of hydrogen-bond donors (Lipinski definition) is 2. The van der Waals surface area contributed by atoms with Gasteiger partial charge in [-0.3, -0.25) is 0 Å². The summed E-state index contributed by atoms with van der Waals surface area (Å²) in [6.45, 7) is 2.32. The SMILES string of the molecule is CCCNS(=O)(=O)c1ccc(Nc2ncnc3c2sc2nnc(-c4ccccc4)c(-c4ccccc4)c23)cc1. The van der Waals surface area contributed by atoms with E-state index in [4.69, 9.17) is 0 Å². The molecule has 3 heterocycles. The number of sulfonamides is 1. The minimum atomic E-state index is -3.54. The van der Waals surface area contributed by atoms with Crippen LogP contribution >= 0.6 is 11.3 Å². The van der Waals surface area contributed by atoms with Crippen molar-refractivity contribution in [1.29, 1.82) is 0 Å². The molecule has 0 radical (unpaired) electrons. The maximum absolute atomic E-state index is 12.5. The van der Waals surface area contributed by atoms with Crippen molar-refractivity contribution in [2.75, 3.05) is 11.9 Å². The Balaban J connectivity index is 1.46. The van der Waals surface area contributed by atoms with Gasteiger partial charge < -0.3 is 5.32 Å². The normalized spacial score (nSPS) is 11.7. The maximum Gasteiger partial charge on any atom is 0.240 e. The van der Waals surface area contributed by atoms with Gasteiger partial charge in [0, 0.05) is 28.7 Å². The zero-order valence-electron chi connectivity index (χ0n) is 21.0. The second-order valence-corrected chi connectivity index (χ2v) is 11.7. The number of hydrogen-bond acceptors (Lipinski definition) is 8. The van der Waals surface area contributed by atoms with E-state index in [0.29, 0.717) is 18.1 Å². The van der Waals surface area contributed by atoms with Crippen LogP contribution in [-0.4, -0.2) is 35.1 Å². The van der Waals surface area contributed by atoms with E-state index in [-0.39, 0.29) is 4.90 Å². The van der Waals surface area contributed by atoms with Crippen molar-refractivity contribution >= 4 is 53.3 Å². The molecule has 0 aliphatic heterocycles. The van der Waals surface area contributed by atoms with Crippen LogP contribution in [0.5, 0.6) is 0 Å². The molecule has 0 bridgehead atoms. The Morgan fingerprint density at radius 2 is 1.51 bits per heavy atom. The molecular weight excluding hydrogens is 528 g/mol. The van der Waals surface area contributed by atoms with Crippen molar-refractivity contribution in [3.8, 4) is 22.4 Å². The highest BCUT2D eigenvalue weighted by atomic mass is 32.2. The minimum absolute atomic E-state index is 0.215. The predicted molar refractivity (Wildman–Crippen MR) is 157 cm³/mol. The van der Waals surface area contributed by atoms with Crippen LogP contribution in [0, 0.1) is 0 Å². The van der Waals surface area contributed by atoms with Gasteiger partial charge in [-0.15, -0.1) is 21.5 Å². The van der Waals surface area contributed by atoms with E-state index in [2.05, 4.69) is 42.3 Å². The van der Waals surface area contributed by atoms with Gasteiger partial charge in [-0.1, -0.05) is 67.6 Å². The number of benzene rings is 3. The minimum Gasteiger partial charge on any atom is -0.339 e. The largest absolute Gasteiger partial charge is 0.339 e. The lowest BCUT2D eigenvalue weighted by Crippen LogP contribution is -2.24. The summed E-state index contributed by atoms with van der Waals surface area (Å²) in [7, 11) is -3.54. The highest BCUT2D eigenvalue weighted by molar-refractivity contribution is 7.89. The average Bonchev–Trinajstić information content (AvgIpc) is 3.37. The summed E-state index contributed by atoms with van der Waals surface area (Å²) in [6.07, 6.45) is 2.25. The third kappa shape index (κ3) is 4.85. The quantitative estimate of drug-likeness (QED) is 0.225. The van der Waals surface area contributed by atoms with Gasteiger partial charge in [0.15, 0.2) is 5.82 Å². The molecule has 0 aliphatic rings. The number of rotatable bonds is 8. The third-order valence-corrected chi connectivity index (χ3v) is 8.81. The zero-order valence-corrected chi connectivity index (χ0v) is 22.6. The average molecular weight is 553 g/mol. The molecule has 0 saturated heterocycles. The number of aromatic nitrogens is 4. The summed E-state index contributed by atoms with van der Waals surface area (Å²) >= 11 is 1.47. The van der Waals surface area contributed by atoms with E-state index >= 15 is 0 Å². The first-order valence-corrected chi connectivity index (χ1v) is 14.8. The number of nitrogens with zero attached hydrogens (tertiary/aromatic N) is 4. The molecule has 39 heavy (non-hydrogen) atoms. The molecule has 0 aliphatic carbocycles. The molecule has 2 N–H and O–H groups in total. The van der Waals surface area contributed by atoms with Crippen molar-refractivity contribution in [2.24, 2.45) is 0 Å². The van der Waals surface area contributed by atoms with Crippen molar-refractivity contribution < 1.29 is 8.42 Å². The molecule has 6 rings (SSSR count). The van der Waals surface area contributed by atoms with Gasteiger partial charge in [-0.05, 0) is 36.2 Å². The molecular formula is C29H24N6O2S2. The number of anilines is 2. The summed E-state index contributed by atoms with van der Waals surface area (Å²) in [5.74, 6) is 0.614. The summed E-state index contributed by atoms with van der Waals surface area (Å²) in [5, 5.41) is 13.5. The summed E-state index contributed by atoms with van der Waals surface area (Å²) in [5.41, 5.74) is 5.24. The Bertz CT molecular complexity index is 1870. The second kappa shape index (κ2) is 10.5. The number of nitrogens with one attached hydrogen (secondary N) is 2. The molecule has 3 aromatic heterocycles. The Morgan fingerprint density at radius 1 is 0.821 bits per heavy atom. The van der Waals surface area contributed by atoms with Crippen molar-refractivity contribution in [1.82, 2.24) is 24.9 Å². The van der Waals surface area contributed by atoms with Crippen LogP contribution in [0.4, 0.5) is 11.5 Å². The number of fused-ring (bicyclic) bond motifs is 3. The van der Waals surface area contributed by atoms with Crippen LogP contribution in [0.3, 0.4) is 0 Å². The van der Waals surface area contributed by atoms with Gasteiger partial charge in [0.05, 0.1) is 15.1 Å². The molecule has 0 spiro atoms. The van der Waals surface area contributed by atoms with Crippen LogP contribution in [0.15, 0.2) is 96.2 Å². The summed E-state index contributed by atoms with van der Waals surface area (Å²) in [4.78, 5) is 10.1. The zero-order chi connectivity index (χ0) is 26.8. The Morgan fingerprint density at radius 3 is 2.21 bits per heavy atom. The van der Waals surface area contributed by atoms with E-state index in [1.54, 1.807) is 24.3 Å². The number of thiophene rings is 1. The maximum atomic E-state index is 12.5. The van der Waals surface area contributed by atoms with E-state index < -0.39 is 10.0 Å². The molecule has 3 aromatic carbocycles. The first-order chi connectivity index (χ1) is 19.0. The Labute approximate surface area is 229 Å². The fraction of sp³-hybridized carbons (Fsp3) is 0.103. The van der Waals surface area contributed by atoms with Crippen LogP contribution in [0.25, 0.3) is 42.8 Å². The fourth-order valence-electron chi connectivity index (χ4n) is 4.40. The topological polar surface area (TPSA) is 110 Å². The van der Waals surface area contributed by atoms with Crippen molar-refractivity contribution in [3.63, 3.8) is 0 Å². The molecule has 0 amide bonds. The molecule has 8 nitrogen and oxygen atoms in total. The van der Waals surface area contributed by atoms with E-state index in [1.807, 2.05) is 55.5 Å². The third-order valence-electron chi connectivity index (χ3n) is 6.26. The highest BCUT2D eigenvalue weighted by Crippen LogP contribution is 2.43. The van der Waals surface area contributed by atoms with Crippen LogP contribution in [-0.2, 0) is 10.0 Å². The molecule has 0 fully saturated rings. The molecule has 10 heteroatoms. The van der Waals surface area contributed by atoms with Crippen LogP contribution in [0.1, 0.15) is 13.3 Å². The van der Waals surface area contributed by atoms with Gasteiger partial charge in [0.2, 0.25) is 10.0 Å². The summed E-state index contributed by atoms with van der Waals surface area (Å²) < 4.78 is 28.3. The fourth-order valence-corrected chi connectivity index (χ4v) is 6.57. The van der Waals surface area contributed by atoms with E-state index in [9.17, 15) is 8.42 Å². The monoisotopic (exact) mass is 552 g/mol. The first kappa shape index (κ1) is 25.1. The first-order valence-electron chi connectivity index (χ1n) is 12.5. The smallest absolute Gasteiger partial charge is 0.240 e. The predicted octanol–water partition coefficient (Wildman–Crippen LogP) is 6.40. The van der Waals surface area contributed by atoms with Crippen molar-refractivity contribution in [3.05, 3.63) is 91.3 Å². The molecule has 0 saturated carbocycles.